The molecule has 310 valence electrons. The molecule has 2 fully saturated rings. The van der Waals surface area contributed by atoms with E-state index < -0.39 is 24.2 Å². The summed E-state index contributed by atoms with van der Waals surface area (Å²) in [5.41, 5.74) is 6.19. The standard InChI is InChI=1S/C44H48N10O6/c1-25(2)36(52-44(58)59-4)41(55)53-20-8-12-33(53)39-47-24-32(49-39)29-18-19-30-35(22-29)60-40(50-30)28-16-14-26(15-17-28)31-23-46-38(48-31)34-13-9-21-54(34)42(56)37(51-43(57)45-3)27-10-6-5-7-11-27/h5-7,10-11,14-19,22-25,33-34,36-37H,8-9,12-13,20-21H2,1-4H3,(H,46,48)(H,47,49)(H,52,58)(H2,45,51,57). The van der Waals surface area contributed by atoms with Crippen LogP contribution in [0.4, 0.5) is 9.59 Å². The van der Waals surface area contributed by atoms with E-state index in [2.05, 4.69) is 30.9 Å². The van der Waals surface area contributed by atoms with Crippen LogP contribution in [0, 0.1) is 5.92 Å². The molecule has 0 spiro atoms. The maximum atomic E-state index is 13.9. The molecule has 2 aliphatic heterocycles. The summed E-state index contributed by atoms with van der Waals surface area (Å²) in [5.74, 6) is 1.37. The topological polar surface area (TPSA) is 203 Å². The predicted octanol–water partition coefficient (Wildman–Crippen LogP) is 6.65. The van der Waals surface area contributed by atoms with E-state index in [9.17, 15) is 19.2 Å². The molecule has 60 heavy (non-hydrogen) atoms. The Balaban J connectivity index is 0.951. The lowest BCUT2D eigenvalue weighted by Gasteiger charge is -2.30. The van der Waals surface area contributed by atoms with Crippen molar-refractivity contribution >= 4 is 35.0 Å². The number of H-pyrrole nitrogens is 2. The molecule has 0 radical (unpaired) electrons. The minimum absolute atomic E-state index is 0.124. The molecule has 3 aromatic heterocycles. The largest absolute Gasteiger partial charge is 0.453 e. The monoisotopic (exact) mass is 812 g/mol. The third-order valence-electron chi connectivity index (χ3n) is 11.3. The number of hydrogen-bond donors (Lipinski definition) is 5. The number of aromatic amines is 2. The molecule has 5 heterocycles. The summed E-state index contributed by atoms with van der Waals surface area (Å²) in [6.07, 6.45) is 6.03. The van der Waals surface area contributed by atoms with Crippen molar-refractivity contribution in [3.8, 4) is 34.0 Å². The minimum Gasteiger partial charge on any atom is -0.453 e. The van der Waals surface area contributed by atoms with Crippen molar-refractivity contribution in [2.45, 2.75) is 63.7 Å². The summed E-state index contributed by atoms with van der Waals surface area (Å²) in [7, 11) is 2.80. The van der Waals surface area contributed by atoms with Crippen molar-refractivity contribution in [2.75, 3.05) is 27.2 Å². The van der Waals surface area contributed by atoms with Crippen LogP contribution in [0.5, 0.6) is 0 Å². The molecule has 6 aromatic rings. The van der Waals surface area contributed by atoms with Crippen LogP contribution < -0.4 is 16.0 Å². The van der Waals surface area contributed by atoms with Crippen LogP contribution in [0.3, 0.4) is 0 Å². The Morgan fingerprint density at radius 3 is 2.00 bits per heavy atom. The normalized spacial score (nSPS) is 17.5. The van der Waals surface area contributed by atoms with Gasteiger partial charge in [0.05, 0.1) is 43.0 Å². The number of methoxy groups -OCH3 is 1. The third kappa shape index (κ3) is 8.04. The van der Waals surface area contributed by atoms with Crippen molar-refractivity contribution in [3.63, 3.8) is 0 Å². The maximum Gasteiger partial charge on any atom is 0.407 e. The van der Waals surface area contributed by atoms with Gasteiger partial charge in [-0.25, -0.2) is 24.5 Å². The Labute approximate surface area is 346 Å². The molecule has 0 saturated carbocycles. The number of nitrogens with zero attached hydrogens (tertiary/aromatic N) is 5. The fourth-order valence-electron chi connectivity index (χ4n) is 8.12. The number of alkyl carbamates (subject to hydrolysis) is 1. The highest BCUT2D eigenvalue weighted by molar-refractivity contribution is 5.89. The number of amides is 5. The van der Waals surface area contributed by atoms with Crippen molar-refractivity contribution in [2.24, 2.45) is 5.92 Å². The third-order valence-corrected chi connectivity index (χ3v) is 11.3. The van der Waals surface area contributed by atoms with Gasteiger partial charge in [-0.05, 0) is 67.0 Å². The first-order valence-electron chi connectivity index (χ1n) is 20.2. The number of oxazole rings is 1. The van der Waals surface area contributed by atoms with E-state index in [0.717, 1.165) is 53.8 Å². The van der Waals surface area contributed by atoms with Crippen LogP contribution in [0.15, 0.2) is 89.6 Å². The molecule has 5 amide bonds. The number of carbonyl (C=O) groups excluding carboxylic acids is 4. The second-order valence-electron chi connectivity index (χ2n) is 15.4. The van der Waals surface area contributed by atoms with Crippen LogP contribution >= 0.6 is 0 Å². The van der Waals surface area contributed by atoms with Gasteiger partial charge in [-0.1, -0.05) is 62.4 Å². The first-order chi connectivity index (χ1) is 29.1. The van der Waals surface area contributed by atoms with Crippen LogP contribution in [-0.4, -0.2) is 91.9 Å². The molecular weight excluding hydrogens is 765 g/mol. The first kappa shape index (κ1) is 39.8. The number of fused-ring (bicyclic) bond motifs is 1. The van der Waals surface area contributed by atoms with E-state index in [0.29, 0.717) is 47.3 Å². The predicted molar refractivity (Wildman–Crippen MR) is 223 cm³/mol. The summed E-state index contributed by atoms with van der Waals surface area (Å²) in [6.45, 7) is 4.91. The number of hydrogen-bond acceptors (Lipinski definition) is 9. The first-order valence-corrected chi connectivity index (χ1v) is 20.2. The zero-order valence-corrected chi connectivity index (χ0v) is 33.9. The highest BCUT2D eigenvalue weighted by Gasteiger charge is 2.38. The summed E-state index contributed by atoms with van der Waals surface area (Å²) in [6, 6.07) is 20.4. The number of nitrogens with one attached hydrogen (secondary N) is 5. The lowest BCUT2D eigenvalue weighted by Crippen LogP contribution is -2.51. The summed E-state index contributed by atoms with van der Waals surface area (Å²) >= 11 is 0. The van der Waals surface area contributed by atoms with Gasteiger partial charge in [0.25, 0.3) is 0 Å². The van der Waals surface area contributed by atoms with E-state index in [1.165, 1.54) is 14.2 Å². The highest BCUT2D eigenvalue weighted by Crippen LogP contribution is 2.36. The fourth-order valence-corrected chi connectivity index (χ4v) is 8.12. The average Bonchev–Trinajstić information content (AvgIpc) is 4.13. The van der Waals surface area contributed by atoms with Crippen LogP contribution in [0.25, 0.3) is 45.1 Å². The van der Waals surface area contributed by atoms with Crippen molar-refractivity contribution in [3.05, 3.63) is 102 Å². The number of carbonyl (C=O) groups is 4. The molecule has 4 atom stereocenters. The lowest BCUT2D eigenvalue weighted by molar-refractivity contribution is -0.135. The molecule has 5 N–H and O–H groups in total. The Hall–Kier alpha value is -6.97. The second-order valence-corrected chi connectivity index (χ2v) is 15.4. The minimum atomic E-state index is -0.833. The number of urea groups is 1. The average molecular weight is 813 g/mol. The molecule has 16 heteroatoms. The van der Waals surface area contributed by atoms with E-state index in [-0.39, 0.29) is 29.8 Å². The number of rotatable bonds is 11. The maximum absolute atomic E-state index is 13.9. The van der Waals surface area contributed by atoms with Crippen molar-refractivity contribution < 1.29 is 28.3 Å². The number of likely N-dealkylation sites (tertiary alicyclic amines) is 2. The smallest absolute Gasteiger partial charge is 0.407 e. The molecule has 0 aliphatic carbocycles. The Morgan fingerprint density at radius 1 is 0.783 bits per heavy atom. The highest BCUT2D eigenvalue weighted by atomic mass is 16.5. The lowest BCUT2D eigenvalue weighted by atomic mass is 10.0. The molecule has 2 aliphatic rings. The van der Waals surface area contributed by atoms with E-state index in [1.807, 2.05) is 86.6 Å². The number of ether oxygens (including phenoxy) is 1. The van der Waals surface area contributed by atoms with Crippen LogP contribution in [0.1, 0.15) is 74.9 Å². The van der Waals surface area contributed by atoms with E-state index in [1.54, 1.807) is 22.2 Å². The van der Waals surface area contributed by atoms with Gasteiger partial charge in [-0.2, -0.15) is 0 Å². The van der Waals surface area contributed by atoms with Crippen molar-refractivity contribution in [1.82, 2.24) is 50.7 Å². The molecule has 3 aromatic carbocycles. The Morgan fingerprint density at radius 2 is 1.38 bits per heavy atom. The second kappa shape index (κ2) is 17.1. The van der Waals surface area contributed by atoms with Crippen LogP contribution in [-0.2, 0) is 14.3 Å². The number of imidazole rings is 2. The van der Waals surface area contributed by atoms with Gasteiger partial charge in [-0.3, -0.25) is 9.59 Å². The zero-order chi connectivity index (χ0) is 41.9. The molecule has 0 bridgehead atoms. The summed E-state index contributed by atoms with van der Waals surface area (Å²) < 4.78 is 11.0. The van der Waals surface area contributed by atoms with Gasteiger partial charge in [-0.15, -0.1) is 0 Å². The van der Waals surface area contributed by atoms with E-state index >= 15 is 0 Å². The Bertz CT molecular complexity index is 2490. The SMILES string of the molecule is CNC(=O)NC(C(=O)N1CCCC1c1ncc(-c2ccc(-c3nc4ccc(-c5cnc(C6CCCN6C(=O)C(NC(=O)OC)C(C)C)[nH]5)cc4o3)cc2)[nH]1)c1ccccc1. The van der Waals surface area contributed by atoms with Gasteiger partial charge < -0.3 is 44.9 Å². The molecule has 8 rings (SSSR count). The number of aromatic nitrogens is 5. The van der Waals surface area contributed by atoms with Crippen molar-refractivity contribution in [1.29, 1.82) is 0 Å². The molecule has 2 saturated heterocycles. The number of benzene rings is 3. The quantitative estimate of drug-likeness (QED) is 0.0949. The molecule has 4 unspecified atom stereocenters. The van der Waals surface area contributed by atoms with Gasteiger partial charge in [0, 0.05) is 31.3 Å². The van der Waals surface area contributed by atoms with Gasteiger partial charge >= 0.3 is 12.1 Å². The van der Waals surface area contributed by atoms with Gasteiger partial charge in [0.15, 0.2) is 5.58 Å². The molecule has 16 nitrogen and oxygen atoms in total. The van der Waals surface area contributed by atoms with Gasteiger partial charge in [0.2, 0.25) is 17.7 Å². The fraction of sp³-hybridized carbons (Fsp3) is 0.341. The zero-order valence-electron chi connectivity index (χ0n) is 33.9. The van der Waals surface area contributed by atoms with E-state index in [4.69, 9.17) is 19.1 Å². The molecular formula is C44H48N10O6. The Kier molecular flexibility index (Phi) is 11.3. The summed E-state index contributed by atoms with van der Waals surface area (Å²) in [5, 5.41) is 8.06. The van der Waals surface area contributed by atoms with Gasteiger partial charge in [0.1, 0.15) is 29.2 Å². The summed E-state index contributed by atoms with van der Waals surface area (Å²) in [4.78, 5) is 76.4. The van der Waals surface area contributed by atoms with Crippen LogP contribution in [0.2, 0.25) is 0 Å².